The van der Waals surface area contributed by atoms with E-state index in [0.717, 1.165) is 36.7 Å². The van der Waals surface area contributed by atoms with Gasteiger partial charge in [-0.05, 0) is 24.6 Å². The van der Waals surface area contributed by atoms with Gasteiger partial charge < -0.3 is 15.0 Å². The van der Waals surface area contributed by atoms with E-state index in [1.54, 1.807) is 4.68 Å². The molecule has 1 aromatic heterocycles. The second-order valence-electron chi connectivity index (χ2n) is 6.98. The van der Waals surface area contributed by atoms with Gasteiger partial charge in [-0.15, -0.1) is 0 Å². The minimum absolute atomic E-state index is 0.0123. The summed E-state index contributed by atoms with van der Waals surface area (Å²) in [6.45, 7) is 7.75. The van der Waals surface area contributed by atoms with E-state index in [2.05, 4.69) is 29.2 Å². The van der Waals surface area contributed by atoms with Crippen molar-refractivity contribution in [3.05, 3.63) is 51.8 Å². The number of guanidine groups is 1. The van der Waals surface area contributed by atoms with E-state index in [1.807, 2.05) is 37.6 Å². The average molecular weight is 424 g/mol. The van der Waals surface area contributed by atoms with Gasteiger partial charge in [0, 0.05) is 54.4 Å². The summed E-state index contributed by atoms with van der Waals surface area (Å²) in [5, 5.41) is 9.02. The zero-order valence-electron chi connectivity index (χ0n) is 16.5. The van der Waals surface area contributed by atoms with Crippen LogP contribution in [-0.2, 0) is 11.8 Å². The Morgan fingerprint density at radius 1 is 1.39 bits per heavy atom. The molecule has 28 heavy (non-hydrogen) atoms. The van der Waals surface area contributed by atoms with Gasteiger partial charge in [0.2, 0.25) is 0 Å². The number of halogens is 2. The predicted octanol–water partition coefficient (Wildman–Crippen LogP) is 3.87. The Labute approximate surface area is 176 Å². The lowest BCUT2D eigenvalue weighted by Gasteiger charge is -2.35. The quantitative estimate of drug-likeness (QED) is 0.585. The van der Waals surface area contributed by atoms with Crippen LogP contribution in [0.5, 0.6) is 0 Å². The third-order valence-corrected chi connectivity index (χ3v) is 5.46. The highest BCUT2D eigenvalue weighted by Crippen LogP contribution is 2.31. The molecular formula is C20H27Cl2N5O. The monoisotopic (exact) mass is 423 g/mol. The smallest absolute Gasteiger partial charge is 0.194 e. The first kappa shape index (κ1) is 21.0. The fraction of sp³-hybridized carbons (Fsp3) is 0.500. The van der Waals surface area contributed by atoms with Gasteiger partial charge in [-0.1, -0.05) is 36.2 Å². The Balaban J connectivity index is 1.73. The Hall–Kier alpha value is -1.76. The lowest BCUT2D eigenvalue weighted by molar-refractivity contribution is -0.00804. The molecular weight excluding hydrogens is 397 g/mol. The Kier molecular flexibility index (Phi) is 7.21. The van der Waals surface area contributed by atoms with Crippen LogP contribution in [0.1, 0.15) is 37.0 Å². The lowest BCUT2D eigenvalue weighted by Crippen LogP contribution is -2.48. The first-order chi connectivity index (χ1) is 13.5. The van der Waals surface area contributed by atoms with Crippen molar-refractivity contribution in [2.24, 2.45) is 12.0 Å². The molecule has 2 unspecified atom stereocenters. The van der Waals surface area contributed by atoms with Crippen LogP contribution in [0.2, 0.25) is 10.0 Å². The van der Waals surface area contributed by atoms with E-state index in [0.29, 0.717) is 23.2 Å². The molecule has 1 N–H and O–H groups in total. The third kappa shape index (κ3) is 4.99. The van der Waals surface area contributed by atoms with Crippen molar-refractivity contribution >= 4 is 29.2 Å². The molecule has 0 radical (unpaired) electrons. The highest BCUT2D eigenvalue weighted by atomic mass is 35.5. The minimum atomic E-state index is -0.0123. The van der Waals surface area contributed by atoms with Crippen LogP contribution >= 0.6 is 23.2 Å². The topological polar surface area (TPSA) is 54.7 Å². The maximum absolute atomic E-state index is 6.36. The molecule has 1 fully saturated rings. The number of aliphatic imine (C=N–C) groups is 1. The van der Waals surface area contributed by atoms with Crippen LogP contribution in [-0.4, -0.2) is 53.4 Å². The number of nitrogens with zero attached hydrogens (tertiary/aromatic N) is 4. The molecule has 0 bridgehead atoms. The number of aryl methyl sites for hydroxylation is 1. The molecule has 6 nitrogen and oxygen atoms in total. The second kappa shape index (κ2) is 9.63. The van der Waals surface area contributed by atoms with Gasteiger partial charge in [0.15, 0.2) is 5.96 Å². The largest absolute Gasteiger partial charge is 0.370 e. The van der Waals surface area contributed by atoms with E-state index < -0.39 is 0 Å². The van der Waals surface area contributed by atoms with Crippen LogP contribution in [0, 0.1) is 0 Å². The maximum atomic E-state index is 6.36. The first-order valence-corrected chi connectivity index (χ1v) is 10.3. The zero-order chi connectivity index (χ0) is 20.1. The number of aromatic nitrogens is 2. The summed E-state index contributed by atoms with van der Waals surface area (Å²) in [6.07, 6.45) is 3.85. The number of morpholine rings is 1. The molecule has 1 aliphatic rings. The van der Waals surface area contributed by atoms with Gasteiger partial charge in [0.05, 0.1) is 19.3 Å². The lowest BCUT2D eigenvalue weighted by atomic mass is 10.0. The number of ether oxygens (including phenoxy) is 1. The highest BCUT2D eigenvalue weighted by molar-refractivity contribution is 6.36. The van der Waals surface area contributed by atoms with Crippen LogP contribution in [0.3, 0.4) is 0 Å². The maximum Gasteiger partial charge on any atom is 0.194 e. The second-order valence-corrected chi connectivity index (χ2v) is 7.80. The molecule has 2 aromatic rings. The van der Waals surface area contributed by atoms with Crippen molar-refractivity contribution < 1.29 is 4.74 Å². The summed E-state index contributed by atoms with van der Waals surface area (Å²) in [7, 11) is 1.91. The van der Waals surface area contributed by atoms with E-state index in [1.165, 1.54) is 0 Å². The van der Waals surface area contributed by atoms with Crippen LogP contribution < -0.4 is 5.32 Å². The van der Waals surface area contributed by atoms with Crippen molar-refractivity contribution in [2.45, 2.75) is 25.9 Å². The summed E-state index contributed by atoms with van der Waals surface area (Å²) in [4.78, 5) is 7.11. The SMILES string of the molecule is CCNC(=NCC(C)c1c(Cl)cccc1Cl)N1CCOC(c2cnn(C)c2)C1. The van der Waals surface area contributed by atoms with Crippen LogP contribution in [0.15, 0.2) is 35.6 Å². The summed E-state index contributed by atoms with van der Waals surface area (Å²) in [5.74, 6) is 1.000. The minimum Gasteiger partial charge on any atom is -0.370 e. The molecule has 3 rings (SSSR count). The molecule has 0 spiro atoms. The summed E-state index contributed by atoms with van der Waals surface area (Å²) < 4.78 is 7.75. The fourth-order valence-corrected chi connectivity index (χ4v) is 4.14. The number of rotatable bonds is 5. The van der Waals surface area contributed by atoms with Gasteiger partial charge in [0.25, 0.3) is 0 Å². The Morgan fingerprint density at radius 2 is 2.14 bits per heavy atom. The van der Waals surface area contributed by atoms with Gasteiger partial charge in [-0.2, -0.15) is 5.10 Å². The number of nitrogens with one attached hydrogen (secondary N) is 1. The fourth-order valence-electron chi connectivity index (χ4n) is 3.37. The number of hydrogen-bond acceptors (Lipinski definition) is 3. The molecule has 0 saturated carbocycles. The molecule has 0 aliphatic carbocycles. The molecule has 152 valence electrons. The Bertz CT molecular complexity index is 802. The van der Waals surface area contributed by atoms with Crippen molar-refractivity contribution in [3.63, 3.8) is 0 Å². The van der Waals surface area contributed by atoms with Crippen molar-refractivity contribution in [2.75, 3.05) is 32.8 Å². The van der Waals surface area contributed by atoms with E-state index >= 15 is 0 Å². The van der Waals surface area contributed by atoms with Crippen LogP contribution in [0.25, 0.3) is 0 Å². The van der Waals surface area contributed by atoms with Gasteiger partial charge >= 0.3 is 0 Å². The molecule has 2 heterocycles. The summed E-state index contributed by atoms with van der Waals surface area (Å²) in [6, 6.07) is 5.60. The molecule has 0 amide bonds. The van der Waals surface area contributed by atoms with Crippen LogP contribution in [0.4, 0.5) is 0 Å². The predicted molar refractivity (Wildman–Crippen MR) is 114 cm³/mol. The highest BCUT2D eigenvalue weighted by Gasteiger charge is 2.25. The summed E-state index contributed by atoms with van der Waals surface area (Å²) in [5.41, 5.74) is 2.03. The normalized spacial score (nSPS) is 19.0. The molecule has 2 atom stereocenters. The van der Waals surface area contributed by atoms with E-state index in [4.69, 9.17) is 32.9 Å². The first-order valence-electron chi connectivity index (χ1n) is 9.57. The molecule has 1 aliphatic heterocycles. The van der Waals surface area contributed by atoms with Gasteiger partial charge in [0.1, 0.15) is 6.10 Å². The standard InChI is InChI=1S/C20H27Cl2N5O/c1-4-23-20(24-10-14(2)19-16(21)6-5-7-17(19)22)27-8-9-28-18(13-27)15-11-25-26(3)12-15/h5-7,11-12,14,18H,4,8-10,13H2,1-3H3,(H,23,24). The number of benzene rings is 1. The van der Waals surface area contributed by atoms with Crippen molar-refractivity contribution in [1.82, 2.24) is 20.0 Å². The third-order valence-electron chi connectivity index (χ3n) is 4.80. The average Bonchev–Trinajstić information content (AvgIpc) is 3.11. The zero-order valence-corrected chi connectivity index (χ0v) is 18.0. The van der Waals surface area contributed by atoms with Crippen molar-refractivity contribution in [3.8, 4) is 0 Å². The van der Waals surface area contributed by atoms with Gasteiger partial charge in [-0.25, -0.2) is 0 Å². The molecule has 1 saturated heterocycles. The van der Waals surface area contributed by atoms with E-state index in [9.17, 15) is 0 Å². The van der Waals surface area contributed by atoms with Crippen molar-refractivity contribution in [1.29, 1.82) is 0 Å². The van der Waals surface area contributed by atoms with Gasteiger partial charge in [-0.3, -0.25) is 9.67 Å². The molecule has 8 heteroatoms. The summed E-state index contributed by atoms with van der Waals surface area (Å²) >= 11 is 12.7. The molecule has 1 aromatic carbocycles. The Morgan fingerprint density at radius 3 is 2.79 bits per heavy atom. The number of hydrogen-bond donors (Lipinski definition) is 1. The van der Waals surface area contributed by atoms with E-state index in [-0.39, 0.29) is 12.0 Å².